The second kappa shape index (κ2) is 7.99. The fraction of sp³-hybridized carbons (Fsp3) is 0.938. The zero-order valence-corrected chi connectivity index (χ0v) is 13.1. The highest BCUT2D eigenvalue weighted by molar-refractivity contribution is 5.76. The van der Waals surface area contributed by atoms with Crippen LogP contribution in [0.2, 0.25) is 0 Å². The van der Waals surface area contributed by atoms with Crippen molar-refractivity contribution in [2.24, 2.45) is 0 Å². The van der Waals surface area contributed by atoms with Gasteiger partial charge < -0.3 is 4.74 Å². The van der Waals surface area contributed by atoms with Crippen molar-refractivity contribution in [1.29, 1.82) is 0 Å². The van der Waals surface area contributed by atoms with Gasteiger partial charge in [0.2, 0.25) is 0 Å². The van der Waals surface area contributed by atoms with E-state index in [2.05, 4.69) is 16.7 Å². The van der Waals surface area contributed by atoms with Gasteiger partial charge in [0.25, 0.3) is 0 Å². The first kappa shape index (κ1) is 15.8. The van der Waals surface area contributed by atoms with Crippen LogP contribution in [0.3, 0.4) is 0 Å². The molecule has 2 rings (SSSR count). The highest BCUT2D eigenvalue weighted by atomic mass is 16.5. The van der Waals surface area contributed by atoms with Crippen molar-refractivity contribution in [3.63, 3.8) is 0 Å². The van der Waals surface area contributed by atoms with Gasteiger partial charge in [-0.15, -0.1) is 0 Å². The van der Waals surface area contributed by atoms with Crippen LogP contribution in [0.4, 0.5) is 0 Å². The number of likely N-dealkylation sites (tertiary alicyclic amines) is 2. The Morgan fingerprint density at radius 2 is 1.45 bits per heavy atom. The Morgan fingerprint density at radius 3 is 1.95 bits per heavy atom. The number of nitrogens with zero attached hydrogens (tertiary/aromatic N) is 2. The van der Waals surface area contributed by atoms with Gasteiger partial charge in [-0.3, -0.25) is 14.6 Å². The monoisotopic (exact) mass is 282 g/mol. The summed E-state index contributed by atoms with van der Waals surface area (Å²) in [6.45, 7) is 8.94. The van der Waals surface area contributed by atoms with Crippen LogP contribution in [0.25, 0.3) is 0 Å². The van der Waals surface area contributed by atoms with Crippen LogP contribution < -0.4 is 0 Å². The molecular weight excluding hydrogens is 252 g/mol. The van der Waals surface area contributed by atoms with Crippen LogP contribution >= 0.6 is 0 Å². The number of hydrogen-bond donors (Lipinski definition) is 0. The van der Waals surface area contributed by atoms with Gasteiger partial charge in [0.15, 0.2) is 0 Å². The van der Waals surface area contributed by atoms with Crippen LogP contribution in [0.5, 0.6) is 0 Å². The van der Waals surface area contributed by atoms with Crippen molar-refractivity contribution in [2.75, 3.05) is 32.8 Å². The second-order valence-electron chi connectivity index (χ2n) is 6.13. The molecule has 0 amide bonds. The minimum absolute atomic E-state index is 0.0209. The molecule has 0 radical (unpaired) electrons. The fourth-order valence-electron chi connectivity index (χ4n) is 3.60. The summed E-state index contributed by atoms with van der Waals surface area (Å²) >= 11 is 0. The number of esters is 1. The summed E-state index contributed by atoms with van der Waals surface area (Å²) in [5.41, 5.74) is 0. The third kappa shape index (κ3) is 3.95. The molecule has 2 aliphatic rings. The van der Waals surface area contributed by atoms with Gasteiger partial charge in [-0.1, -0.05) is 12.8 Å². The lowest BCUT2D eigenvalue weighted by atomic mass is 10.00. The van der Waals surface area contributed by atoms with E-state index in [9.17, 15) is 4.79 Å². The predicted molar refractivity (Wildman–Crippen MR) is 80.7 cm³/mol. The maximum atomic E-state index is 12.4. The Kier molecular flexibility index (Phi) is 6.30. The third-order valence-corrected chi connectivity index (χ3v) is 4.74. The molecule has 0 bridgehead atoms. The van der Waals surface area contributed by atoms with E-state index in [1.807, 2.05) is 6.92 Å². The van der Waals surface area contributed by atoms with Crippen LogP contribution in [0, 0.1) is 0 Å². The van der Waals surface area contributed by atoms with Gasteiger partial charge >= 0.3 is 5.97 Å². The van der Waals surface area contributed by atoms with Gasteiger partial charge in [-0.2, -0.15) is 0 Å². The summed E-state index contributed by atoms with van der Waals surface area (Å²) in [6.07, 6.45) is 7.58. The van der Waals surface area contributed by atoms with Crippen LogP contribution in [0.15, 0.2) is 0 Å². The molecule has 0 aromatic heterocycles. The molecule has 2 saturated heterocycles. The van der Waals surface area contributed by atoms with E-state index < -0.39 is 0 Å². The Morgan fingerprint density at radius 1 is 0.950 bits per heavy atom. The molecule has 2 heterocycles. The molecule has 0 aromatic carbocycles. The lowest BCUT2D eigenvalue weighted by Crippen LogP contribution is -2.57. The van der Waals surface area contributed by atoms with Gasteiger partial charge in [-0.25, -0.2) is 0 Å². The SMILES string of the molecule is CCOC(=O)[C@H]([C@H](C)N1CCCCC1)N1CCCCC1. The highest BCUT2D eigenvalue weighted by Gasteiger charge is 2.36. The molecule has 116 valence electrons. The Labute approximate surface area is 123 Å². The van der Waals surface area contributed by atoms with Crippen LogP contribution in [-0.2, 0) is 9.53 Å². The summed E-state index contributed by atoms with van der Waals surface area (Å²) in [4.78, 5) is 17.3. The number of rotatable bonds is 5. The number of hydrogen-bond acceptors (Lipinski definition) is 4. The van der Waals surface area contributed by atoms with E-state index in [-0.39, 0.29) is 18.1 Å². The van der Waals surface area contributed by atoms with Gasteiger partial charge in [-0.05, 0) is 65.7 Å². The maximum absolute atomic E-state index is 12.4. The molecule has 0 aromatic rings. The van der Waals surface area contributed by atoms with Crippen molar-refractivity contribution < 1.29 is 9.53 Å². The average Bonchev–Trinajstić information content (AvgIpc) is 2.50. The topological polar surface area (TPSA) is 32.8 Å². The first-order valence-corrected chi connectivity index (χ1v) is 8.38. The zero-order chi connectivity index (χ0) is 14.4. The average molecular weight is 282 g/mol. The second-order valence-corrected chi connectivity index (χ2v) is 6.13. The normalized spacial score (nSPS) is 25.1. The minimum atomic E-state index is -0.0756. The minimum Gasteiger partial charge on any atom is -0.465 e. The van der Waals surface area contributed by atoms with Crippen molar-refractivity contribution in [3.8, 4) is 0 Å². The zero-order valence-electron chi connectivity index (χ0n) is 13.1. The molecule has 0 aliphatic carbocycles. The van der Waals surface area contributed by atoms with Crippen LogP contribution in [-0.4, -0.2) is 60.6 Å². The first-order chi connectivity index (χ1) is 9.74. The van der Waals surface area contributed by atoms with Crippen molar-refractivity contribution >= 4 is 5.97 Å². The predicted octanol–water partition coefficient (Wildman–Crippen LogP) is 2.28. The number of ether oxygens (including phenoxy) is 1. The lowest BCUT2D eigenvalue weighted by molar-refractivity contribution is -0.153. The molecule has 2 aliphatic heterocycles. The molecule has 0 unspecified atom stereocenters. The van der Waals surface area contributed by atoms with E-state index in [0.717, 1.165) is 26.2 Å². The molecule has 0 saturated carbocycles. The third-order valence-electron chi connectivity index (χ3n) is 4.74. The van der Waals surface area contributed by atoms with Gasteiger partial charge in [0.1, 0.15) is 6.04 Å². The lowest BCUT2D eigenvalue weighted by Gasteiger charge is -2.42. The fourth-order valence-corrected chi connectivity index (χ4v) is 3.60. The molecule has 4 nitrogen and oxygen atoms in total. The molecule has 0 N–H and O–H groups in total. The Bertz CT molecular complexity index is 297. The van der Waals surface area contributed by atoms with E-state index in [1.54, 1.807) is 0 Å². The smallest absolute Gasteiger partial charge is 0.324 e. The molecule has 2 fully saturated rings. The maximum Gasteiger partial charge on any atom is 0.324 e. The summed E-state index contributed by atoms with van der Waals surface area (Å²) in [6, 6.07) is 0.195. The summed E-state index contributed by atoms with van der Waals surface area (Å²) < 4.78 is 5.36. The number of carbonyl (C=O) groups excluding carboxylic acids is 1. The van der Waals surface area contributed by atoms with Crippen molar-refractivity contribution in [1.82, 2.24) is 9.80 Å². The first-order valence-electron chi connectivity index (χ1n) is 8.38. The van der Waals surface area contributed by atoms with E-state index in [4.69, 9.17) is 4.74 Å². The van der Waals surface area contributed by atoms with Crippen molar-refractivity contribution in [2.45, 2.75) is 64.5 Å². The van der Waals surface area contributed by atoms with E-state index in [1.165, 1.54) is 38.5 Å². The highest BCUT2D eigenvalue weighted by Crippen LogP contribution is 2.21. The van der Waals surface area contributed by atoms with Gasteiger partial charge in [0.05, 0.1) is 6.61 Å². The number of carbonyl (C=O) groups is 1. The van der Waals surface area contributed by atoms with E-state index >= 15 is 0 Å². The molecule has 4 heteroatoms. The quantitative estimate of drug-likeness (QED) is 0.724. The van der Waals surface area contributed by atoms with E-state index in [0.29, 0.717) is 6.61 Å². The largest absolute Gasteiger partial charge is 0.465 e. The Balaban J connectivity index is 2.04. The van der Waals surface area contributed by atoms with Crippen molar-refractivity contribution in [3.05, 3.63) is 0 Å². The van der Waals surface area contributed by atoms with Crippen LogP contribution in [0.1, 0.15) is 52.4 Å². The standard InChI is InChI=1S/C16H30N2O2/c1-3-20-16(19)15(18-12-8-5-9-13-18)14(2)17-10-6-4-7-11-17/h14-15H,3-13H2,1-2H3/t14-,15-/m0/s1. The molecule has 0 spiro atoms. The summed E-state index contributed by atoms with van der Waals surface area (Å²) in [5.74, 6) is -0.0209. The Hall–Kier alpha value is -0.610. The molecule has 20 heavy (non-hydrogen) atoms. The number of piperidine rings is 2. The summed E-state index contributed by atoms with van der Waals surface area (Å²) in [5, 5.41) is 0. The van der Waals surface area contributed by atoms with Gasteiger partial charge in [0, 0.05) is 6.04 Å². The summed E-state index contributed by atoms with van der Waals surface area (Å²) in [7, 11) is 0. The molecular formula is C16H30N2O2. The molecule has 2 atom stereocenters.